The van der Waals surface area contributed by atoms with Crippen molar-refractivity contribution in [3.8, 4) is 6.07 Å². The van der Waals surface area contributed by atoms with Gasteiger partial charge in [0.15, 0.2) is 11.5 Å². The van der Waals surface area contributed by atoms with Crippen LogP contribution in [0.15, 0.2) is 24.5 Å². The van der Waals surface area contributed by atoms with Gasteiger partial charge in [-0.25, -0.2) is 18.7 Å². The van der Waals surface area contributed by atoms with Crippen molar-refractivity contribution in [1.29, 1.82) is 5.26 Å². The average Bonchev–Trinajstić information content (AvgIpc) is 2.34. The molecule has 90 valence electrons. The molecule has 0 saturated carbocycles. The van der Waals surface area contributed by atoms with Crippen LogP contribution in [-0.4, -0.2) is 9.97 Å². The Hall–Kier alpha value is -2.26. The van der Waals surface area contributed by atoms with Gasteiger partial charge in [0, 0.05) is 6.07 Å². The summed E-state index contributed by atoms with van der Waals surface area (Å²) in [5.74, 6) is -1.42. The van der Waals surface area contributed by atoms with Crippen molar-refractivity contribution in [2.24, 2.45) is 0 Å². The lowest BCUT2D eigenvalue weighted by Crippen LogP contribution is -1.99. The summed E-state index contributed by atoms with van der Waals surface area (Å²) >= 11 is 5.70. The SMILES string of the molecule is N#Cc1cnc(Nc2c(F)cc(F)cc2Cl)cn1. The molecule has 1 aromatic heterocycles. The molecular weight excluding hydrogens is 262 g/mol. The van der Waals surface area contributed by atoms with Gasteiger partial charge in [0.2, 0.25) is 0 Å². The van der Waals surface area contributed by atoms with Crippen molar-refractivity contribution in [2.75, 3.05) is 5.32 Å². The van der Waals surface area contributed by atoms with Crippen LogP contribution in [0.25, 0.3) is 0 Å². The van der Waals surface area contributed by atoms with Gasteiger partial charge in [-0.1, -0.05) is 11.6 Å². The second-order valence-corrected chi connectivity index (χ2v) is 3.68. The van der Waals surface area contributed by atoms with E-state index >= 15 is 0 Å². The van der Waals surface area contributed by atoms with E-state index in [4.69, 9.17) is 16.9 Å². The molecule has 18 heavy (non-hydrogen) atoms. The van der Waals surface area contributed by atoms with E-state index in [2.05, 4.69) is 15.3 Å². The van der Waals surface area contributed by atoms with E-state index in [0.29, 0.717) is 6.07 Å². The first kappa shape index (κ1) is 12.2. The van der Waals surface area contributed by atoms with Gasteiger partial charge >= 0.3 is 0 Å². The number of nitrogens with one attached hydrogen (secondary N) is 1. The van der Waals surface area contributed by atoms with Crippen molar-refractivity contribution in [3.63, 3.8) is 0 Å². The van der Waals surface area contributed by atoms with E-state index in [9.17, 15) is 8.78 Å². The molecule has 4 nitrogen and oxygen atoms in total. The summed E-state index contributed by atoms with van der Waals surface area (Å²) < 4.78 is 26.3. The normalized spacial score (nSPS) is 9.89. The maximum absolute atomic E-state index is 13.5. The fourth-order valence-electron chi connectivity index (χ4n) is 1.24. The summed E-state index contributed by atoms with van der Waals surface area (Å²) in [6.45, 7) is 0. The van der Waals surface area contributed by atoms with Gasteiger partial charge in [-0.3, -0.25) is 0 Å². The number of nitrogens with zero attached hydrogens (tertiary/aromatic N) is 3. The lowest BCUT2D eigenvalue weighted by Gasteiger charge is -2.08. The molecule has 2 aromatic rings. The predicted molar refractivity (Wildman–Crippen MR) is 61.4 cm³/mol. The van der Waals surface area contributed by atoms with Gasteiger partial charge in [0.05, 0.1) is 23.1 Å². The molecule has 0 bridgehead atoms. The zero-order valence-electron chi connectivity index (χ0n) is 8.78. The number of hydrogen-bond donors (Lipinski definition) is 1. The lowest BCUT2D eigenvalue weighted by atomic mass is 10.3. The van der Waals surface area contributed by atoms with Crippen molar-refractivity contribution in [1.82, 2.24) is 9.97 Å². The van der Waals surface area contributed by atoms with Crippen LogP contribution in [0.4, 0.5) is 20.3 Å². The zero-order valence-corrected chi connectivity index (χ0v) is 9.54. The Kier molecular flexibility index (Phi) is 3.35. The highest BCUT2D eigenvalue weighted by atomic mass is 35.5. The molecule has 0 amide bonds. The number of benzene rings is 1. The molecule has 1 aromatic carbocycles. The van der Waals surface area contributed by atoms with Gasteiger partial charge < -0.3 is 5.32 Å². The van der Waals surface area contributed by atoms with Crippen molar-refractivity contribution in [2.45, 2.75) is 0 Å². The van der Waals surface area contributed by atoms with Gasteiger partial charge in [0.25, 0.3) is 0 Å². The van der Waals surface area contributed by atoms with E-state index in [1.165, 1.54) is 12.4 Å². The Bertz CT molecular complexity index is 599. The molecule has 0 atom stereocenters. The van der Waals surface area contributed by atoms with Crippen LogP contribution in [0.5, 0.6) is 0 Å². The molecular formula is C11H5ClF2N4. The summed E-state index contributed by atoms with van der Waals surface area (Å²) in [5, 5.41) is 11.0. The molecule has 0 radical (unpaired) electrons. The van der Waals surface area contributed by atoms with Crippen molar-refractivity contribution in [3.05, 3.63) is 46.9 Å². The molecule has 0 aliphatic heterocycles. The Morgan fingerprint density at radius 2 is 2.00 bits per heavy atom. The minimum absolute atomic E-state index is 0.0999. The maximum Gasteiger partial charge on any atom is 0.158 e. The summed E-state index contributed by atoms with van der Waals surface area (Å²) in [4.78, 5) is 7.58. The third-order valence-electron chi connectivity index (χ3n) is 2.03. The molecule has 0 fully saturated rings. The second kappa shape index (κ2) is 4.94. The molecule has 0 unspecified atom stereocenters. The highest BCUT2D eigenvalue weighted by Gasteiger charge is 2.10. The van der Waals surface area contributed by atoms with Crippen LogP contribution in [-0.2, 0) is 0 Å². The monoisotopic (exact) mass is 266 g/mol. The van der Waals surface area contributed by atoms with Crippen LogP contribution in [0.1, 0.15) is 5.69 Å². The van der Waals surface area contributed by atoms with Crippen molar-refractivity contribution >= 4 is 23.1 Å². The summed E-state index contributed by atoms with van der Waals surface area (Å²) in [5.41, 5.74) is 0.0308. The number of aromatic nitrogens is 2. The minimum Gasteiger partial charge on any atom is -0.335 e. The Morgan fingerprint density at radius 3 is 2.56 bits per heavy atom. The first-order valence-electron chi connectivity index (χ1n) is 4.74. The first-order chi connectivity index (χ1) is 8.60. The molecule has 0 aliphatic rings. The highest BCUT2D eigenvalue weighted by molar-refractivity contribution is 6.33. The molecule has 7 heteroatoms. The average molecular weight is 267 g/mol. The van der Waals surface area contributed by atoms with Gasteiger partial charge in [0.1, 0.15) is 17.7 Å². The molecule has 2 rings (SSSR count). The van der Waals surface area contributed by atoms with Crippen LogP contribution in [0, 0.1) is 23.0 Å². The summed E-state index contributed by atoms with van der Waals surface area (Å²) in [6.07, 6.45) is 2.47. The van der Waals surface area contributed by atoms with E-state index in [1.807, 2.05) is 0 Å². The molecule has 0 saturated heterocycles. The van der Waals surface area contributed by atoms with E-state index in [-0.39, 0.29) is 22.2 Å². The van der Waals surface area contributed by atoms with Crippen LogP contribution in [0.2, 0.25) is 5.02 Å². The Balaban J connectivity index is 2.31. The standard InChI is InChI=1S/C11H5ClF2N4/c12-8-1-6(13)2-9(14)11(8)18-10-5-16-7(3-15)4-17-10/h1-2,4-5H,(H,17,18). The predicted octanol–water partition coefficient (Wildman–Crippen LogP) is 3.02. The van der Waals surface area contributed by atoms with Crippen LogP contribution < -0.4 is 5.32 Å². The lowest BCUT2D eigenvalue weighted by molar-refractivity contribution is 0.586. The molecule has 0 aliphatic carbocycles. The van der Waals surface area contributed by atoms with Crippen LogP contribution >= 0.6 is 11.6 Å². The van der Waals surface area contributed by atoms with Gasteiger partial charge in [-0.15, -0.1) is 0 Å². The molecule has 1 N–H and O–H groups in total. The Labute approximate surface area is 106 Å². The van der Waals surface area contributed by atoms with E-state index in [1.54, 1.807) is 6.07 Å². The third-order valence-corrected chi connectivity index (χ3v) is 2.32. The highest BCUT2D eigenvalue weighted by Crippen LogP contribution is 2.28. The van der Waals surface area contributed by atoms with E-state index in [0.717, 1.165) is 6.07 Å². The maximum atomic E-state index is 13.5. The molecule has 1 heterocycles. The number of rotatable bonds is 2. The third kappa shape index (κ3) is 2.52. The number of anilines is 2. The topological polar surface area (TPSA) is 61.6 Å². The molecule has 0 spiro atoms. The number of hydrogen-bond acceptors (Lipinski definition) is 4. The quantitative estimate of drug-likeness (QED) is 0.907. The summed E-state index contributed by atoms with van der Waals surface area (Å²) in [6, 6.07) is 3.47. The fourth-order valence-corrected chi connectivity index (χ4v) is 1.48. The minimum atomic E-state index is -0.842. The van der Waals surface area contributed by atoms with Gasteiger partial charge in [-0.05, 0) is 6.07 Å². The van der Waals surface area contributed by atoms with Crippen molar-refractivity contribution < 1.29 is 8.78 Å². The van der Waals surface area contributed by atoms with Crippen LogP contribution in [0.3, 0.4) is 0 Å². The zero-order chi connectivity index (χ0) is 13.1. The first-order valence-corrected chi connectivity index (χ1v) is 5.11. The van der Waals surface area contributed by atoms with Gasteiger partial charge in [-0.2, -0.15) is 5.26 Å². The smallest absolute Gasteiger partial charge is 0.158 e. The summed E-state index contributed by atoms with van der Waals surface area (Å²) in [7, 11) is 0. The Morgan fingerprint density at radius 1 is 1.22 bits per heavy atom. The largest absolute Gasteiger partial charge is 0.335 e. The fraction of sp³-hybridized carbons (Fsp3) is 0. The number of halogens is 3. The van der Waals surface area contributed by atoms with E-state index < -0.39 is 11.6 Å². The number of nitriles is 1. The second-order valence-electron chi connectivity index (χ2n) is 3.27.